The second-order valence-electron chi connectivity index (χ2n) is 6.34. The Balaban J connectivity index is 1.79. The lowest BCUT2D eigenvalue weighted by Gasteiger charge is -2.25. The van der Waals surface area contributed by atoms with Gasteiger partial charge in [0.2, 0.25) is 0 Å². The zero-order valence-electron chi connectivity index (χ0n) is 12.0. The van der Waals surface area contributed by atoms with Crippen molar-refractivity contribution >= 4 is 0 Å². The molecule has 102 valence electrons. The highest BCUT2D eigenvalue weighted by molar-refractivity contribution is 5.44. The molecule has 0 saturated carbocycles. The maximum absolute atomic E-state index is 5.88. The standard InChI is InChI=1S/C18H24O/c1-18(13-15-9-5-3-2-4-6-10-15)14-19-17-12-8-7-11-16(17)18/h7-9,11-12H,2-6,10,13-14H2,1H3/b15-9+/t18-/m0/s1. The van der Waals surface area contributed by atoms with Crippen LogP contribution in [-0.4, -0.2) is 6.61 Å². The average molecular weight is 256 g/mol. The molecule has 1 aliphatic heterocycles. The number of ether oxygens (including phenoxy) is 1. The molecule has 0 amide bonds. The van der Waals surface area contributed by atoms with Crippen LogP contribution in [0, 0.1) is 0 Å². The van der Waals surface area contributed by atoms with E-state index in [1.54, 1.807) is 5.57 Å². The van der Waals surface area contributed by atoms with Gasteiger partial charge in [0.15, 0.2) is 0 Å². The first-order valence-corrected chi connectivity index (χ1v) is 7.68. The molecule has 19 heavy (non-hydrogen) atoms. The van der Waals surface area contributed by atoms with Crippen molar-refractivity contribution in [1.29, 1.82) is 0 Å². The fourth-order valence-corrected chi connectivity index (χ4v) is 3.47. The van der Waals surface area contributed by atoms with Gasteiger partial charge in [-0.25, -0.2) is 0 Å². The number of fused-ring (bicyclic) bond motifs is 1. The molecular weight excluding hydrogens is 232 g/mol. The second kappa shape index (κ2) is 5.40. The average Bonchev–Trinajstić information content (AvgIpc) is 2.72. The van der Waals surface area contributed by atoms with Crippen LogP contribution in [0.25, 0.3) is 0 Å². The zero-order chi connectivity index (χ0) is 13.1. The Morgan fingerprint density at radius 2 is 1.95 bits per heavy atom. The SMILES string of the molecule is C[C@]1(C/C2=C/CCCCCC2)COc2ccccc21. The maximum atomic E-state index is 5.88. The van der Waals surface area contributed by atoms with Gasteiger partial charge in [-0.2, -0.15) is 0 Å². The third-order valence-corrected chi connectivity index (χ3v) is 4.59. The third-order valence-electron chi connectivity index (χ3n) is 4.59. The van der Waals surface area contributed by atoms with E-state index in [9.17, 15) is 0 Å². The predicted octanol–water partition coefficient (Wildman–Crippen LogP) is 5.01. The van der Waals surface area contributed by atoms with Crippen LogP contribution in [-0.2, 0) is 5.41 Å². The Morgan fingerprint density at radius 3 is 2.89 bits per heavy atom. The smallest absolute Gasteiger partial charge is 0.123 e. The summed E-state index contributed by atoms with van der Waals surface area (Å²) in [6.45, 7) is 3.20. The van der Waals surface area contributed by atoms with Crippen molar-refractivity contribution in [3.63, 3.8) is 0 Å². The lowest BCUT2D eigenvalue weighted by Crippen LogP contribution is -2.24. The molecule has 2 aliphatic rings. The van der Waals surface area contributed by atoms with Crippen LogP contribution >= 0.6 is 0 Å². The molecule has 0 bridgehead atoms. The van der Waals surface area contributed by atoms with Crippen molar-refractivity contribution < 1.29 is 4.74 Å². The predicted molar refractivity (Wildman–Crippen MR) is 79.7 cm³/mol. The summed E-state index contributed by atoms with van der Waals surface area (Å²) in [4.78, 5) is 0. The van der Waals surface area contributed by atoms with Gasteiger partial charge in [-0.15, -0.1) is 0 Å². The second-order valence-corrected chi connectivity index (χ2v) is 6.34. The van der Waals surface area contributed by atoms with Crippen LogP contribution in [0.1, 0.15) is 57.4 Å². The van der Waals surface area contributed by atoms with Gasteiger partial charge in [0, 0.05) is 11.0 Å². The molecule has 1 nitrogen and oxygen atoms in total. The molecule has 1 heterocycles. The molecule has 1 atom stereocenters. The zero-order valence-corrected chi connectivity index (χ0v) is 12.0. The van der Waals surface area contributed by atoms with Crippen LogP contribution in [0.5, 0.6) is 5.75 Å². The van der Waals surface area contributed by atoms with E-state index >= 15 is 0 Å². The highest BCUT2D eigenvalue weighted by Gasteiger charge is 2.36. The van der Waals surface area contributed by atoms with Crippen LogP contribution < -0.4 is 4.74 Å². The number of para-hydroxylation sites is 1. The molecule has 1 aromatic rings. The highest BCUT2D eigenvalue weighted by atomic mass is 16.5. The van der Waals surface area contributed by atoms with Gasteiger partial charge in [0.1, 0.15) is 5.75 Å². The lowest BCUT2D eigenvalue weighted by atomic mass is 9.77. The van der Waals surface area contributed by atoms with Crippen LogP contribution in [0.4, 0.5) is 0 Å². The molecule has 0 unspecified atom stereocenters. The van der Waals surface area contributed by atoms with Crippen LogP contribution in [0.15, 0.2) is 35.9 Å². The van der Waals surface area contributed by atoms with E-state index in [-0.39, 0.29) is 5.41 Å². The molecule has 3 rings (SSSR count). The fourth-order valence-electron chi connectivity index (χ4n) is 3.47. The van der Waals surface area contributed by atoms with Crippen molar-refractivity contribution in [3.8, 4) is 5.75 Å². The summed E-state index contributed by atoms with van der Waals surface area (Å²) < 4.78 is 5.88. The van der Waals surface area contributed by atoms with Crippen LogP contribution in [0.3, 0.4) is 0 Å². The summed E-state index contributed by atoms with van der Waals surface area (Å²) >= 11 is 0. The number of allylic oxidation sites excluding steroid dienone is 2. The van der Waals surface area contributed by atoms with Gasteiger partial charge in [-0.1, -0.05) is 49.6 Å². The molecule has 0 fully saturated rings. The number of hydrogen-bond acceptors (Lipinski definition) is 1. The van der Waals surface area contributed by atoms with Gasteiger partial charge < -0.3 is 4.74 Å². The third kappa shape index (κ3) is 2.70. The highest BCUT2D eigenvalue weighted by Crippen LogP contribution is 2.43. The quantitative estimate of drug-likeness (QED) is 0.676. The number of rotatable bonds is 2. The Bertz CT molecular complexity index is 474. The summed E-state index contributed by atoms with van der Waals surface area (Å²) in [7, 11) is 0. The van der Waals surface area contributed by atoms with E-state index in [4.69, 9.17) is 4.74 Å². The molecule has 0 spiro atoms. The lowest BCUT2D eigenvalue weighted by molar-refractivity contribution is 0.275. The van der Waals surface area contributed by atoms with Gasteiger partial charge >= 0.3 is 0 Å². The van der Waals surface area contributed by atoms with Crippen LogP contribution in [0.2, 0.25) is 0 Å². The van der Waals surface area contributed by atoms with E-state index in [2.05, 4.69) is 37.3 Å². The van der Waals surface area contributed by atoms with Crippen molar-refractivity contribution in [1.82, 2.24) is 0 Å². The van der Waals surface area contributed by atoms with Gasteiger partial charge in [0.25, 0.3) is 0 Å². The van der Waals surface area contributed by atoms with Crippen molar-refractivity contribution in [2.45, 2.75) is 57.3 Å². The molecular formula is C18H24O. The van der Waals surface area contributed by atoms with E-state index < -0.39 is 0 Å². The first kappa shape index (κ1) is 12.8. The Kier molecular flexibility index (Phi) is 3.63. The molecule has 0 N–H and O–H groups in total. The van der Waals surface area contributed by atoms with Crippen molar-refractivity contribution in [2.75, 3.05) is 6.61 Å². The Morgan fingerprint density at radius 1 is 1.11 bits per heavy atom. The van der Waals surface area contributed by atoms with Crippen molar-refractivity contribution in [3.05, 3.63) is 41.5 Å². The minimum atomic E-state index is 0.182. The van der Waals surface area contributed by atoms with E-state index in [0.29, 0.717) is 0 Å². The molecule has 0 saturated heterocycles. The summed E-state index contributed by atoms with van der Waals surface area (Å²) in [5.74, 6) is 1.09. The molecule has 1 heteroatoms. The molecule has 1 aromatic carbocycles. The molecule has 0 radical (unpaired) electrons. The summed E-state index contributed by atoms with van der Waals surface area (Å²) in [5.41, 5.74) is 3.24. The van der Waals surface area contributed by atoms with Crippen molar-refractivity contribution in [2.24, 2.45) is 0 Å². The fraction of sp³-hybridized carbons (Fsp3) is 0.556. The number of benzene rings is 1. The minimum Gasteiger partial charge on any atom is -0.492 e. The Labute approximate surface area is 116 Å². The van der Waals surface area contributed by atoms with Gasteiger partial charge in [-0.3, -0.25) is 0 Å². The maximum Gasteiger partial charge on any atom is 0.123 e. The van der Waals surface area contributed by atoms with E-state index in [1.807, 2.05) is 0 Å². The van der Waals surface area contributed by atoms with E-state index in [0.717, 1.165) is 12.4 Å². The van der Waals surface area contributed by atoms with Gasteiger partial charge in [0.05, 0.1) is 6.61 Å². The Hall–Kier alpha value is -1.24. The normalized spacial score (nSPS) is 29.6. The summed E-state index contributed by atoms with van der Waals surface area (Å²) in [5, 5.41) is 0. The monoisotopic (exact) mass is 256 g/mol. The van der Waals surface area contributed by atoms with Gasteiger partial charge in [-0.05, 0) is 38.2 Å². The van der Waals surface area contributed by atoms with E-state index in [1.165, 1.54) is 50.5 Å². The summed E-state index contributed by atoms with van der Waals surface area (Å²) in [6.07, 6.45) is 11.8. The first-order chi connectivity index (χ1) is 9.28. The largest absolute Gasteiger partial charge is 0.492 e. The summed E-state index contributed by atoms with van der Waals surface area (Å²) in [6, 6.07) is 8.55. The molecule has 1 aliphatic carbocycles. The minimum absolute atomic E-state index is 0.182. The number of hydrogen-bond donors (Lipinski definition) is 0. The first-order valence-electron chi connectivity index (χ1n) is 7.68. The topological polar surface area (TPSA) is 9.23 Å². The molecule has 0 aromatic heterocycles.